The van der Waals surface area contributed by atoms with E-state index in [1.807, 2.05) is 0 Å². The predicted octanol–water partition coefficient (Wildman–Crippen LogP) is 0.770. The SMILES string of the molecule is CC#N.CCO.CO.O=C(O)C(F)(F)F. The Morgan fingerprint density at radius 2 is 1.47 bits per heavy atom. The molecule has 0 aromatic carbocycles. The highest BCUT2D eigenvalue weighted by Crippen LogP contribution is 2.13. The average Bonchev–Trinajstić information content (AvgIpc) is 2.08. The van der Waals surface area contributed by atoms with Gasteiger partial charge in [-0.1, -0.05) is 0 Å². The Morgan fingerprint density at radius 3 is 1.47 bits per heavy atom. The summed E-state index contributed by atoms with van der Waals surface area (Å²) in [7, 11) is 1.00. The third-order valence-electron chi connectivity index (χ3n) is 0.243. The predicted molar refractivity (Wildman–Crippen MR) is 45.9 cm³/mol. The molecule has 0 rings (SSSR count). The number of halogens is 3. The van der Waals surface area contributed by atoms with Crippen molar-refractivity contribution < 1.29 is 33.3 Å². The second-order valence-corrected chi connectivity index (χ2v) is 1.34. The van der Waals surface area contributed by atoms with Crippen LogP contribution in [0.2, 0.25) is 0 Å². The van der Waals surface area contributed by atoms with Crippen molar-refractivity contribution in [3.8, 4) is 6.07 Å². The monoisotopic (exact) mass is 233 g/mol. The summed E-state index contributed by atoms with van der Waals surface area (Å²) < 4.78 is 31.7. The quantitative estimate of drug-likeness (QED) is 0.573. The van der Waals surface area contributed by atoms with Gasteiger partial charge in [0.25, 0.3) is 0 Å². The number of carboxylic acids is 1. The number of hydrogen-bond acceptors (Lipinski definition) is 4. The number of carbonyl (C=O) groups is 1. The molecule has 0 aromatic rings. The molecule has 15 heavy (non-hydrogen) atoms. The molecular formula is C7H14F3NO4. The van der Waals surface area contributed by atoms with Gasteiger partial charge in [0.2, 0.25) is 0 Å². The summed E-state index contributed by atoms with van der Waals surface area (Å²) in [5.41, 5.74) is 0. The van der Waals surface area contributed by atoms with Crippen LogP contribution in [0.5, 0.6) is 0 Å². The molecule has 0 fully saturated rings. The van der Waals surface area contributed by atoms with E-state index in [4.69, 9.17) is 25.4 Å². The molecule has 0 aliphatic carbocycles. The lowest BCUT2D eigenvalue weighted by atomic mass is 10.7. The molecule has 3 N–H and O–H groups in total. The van der Waals surface area contributed by atoms with Crippen LogP contribution in [-0.2, 0) is 4.79 Å². The molecule has 0 radical (unpaired) electrons. The van der Waals surface area contributed by atoms with Crippen LogP contribution in [0.1, 0.15) is 13.8 Å². The molecule has 0 saturated carbocycles. The molecule has 0 aromatic heterocycles. The van der Waals surface area contributed by atoms with Crippen molar-refractivity contribution in [2.45, 2.75) is 20.0 Å². The molecule has 0 aliphatic heterocycles. The molecular weight excluding hydrogens is 219 g/mol. The summed E-state index contributed by atoms with van der Waals surface area (Å²) >= 11 is 0. The van der Waals surface area contributed by atoms with Gasteiger partial charge in [0.15, 0.2) is 0 Å². The van der Waals surface area contributed by atoms with E-state index in [0.29, 0.717) is 0 Å². The first-order valence-corrected chi connectivity index (χ1v) is 3.44. The number of rotatable bonds is 0. The summed E-state index contributed by atoms with van der Waals surface area (Å²) in [4.78, 5) is 8.90. The van der Waals surface area contributed by atoms with Gasteiger partial charge >= 0.3 is 12.1 Å². The maximum atomic E-state index is 10.6. The van der Waals surface area contributed by atoms with E-state index >= 15 is 0 Å². The molecule has 0 bridgehead atoms. The second kappa shape index (κ2) is 18.5. The second-order valence-electron chi connectivity index (χ2n) is 1.34. The van der Waals surface area contributed by atoms with Crippen LogP contribution < -0.4 is 0 Å². The third-order valence-corrected chi connectivity index (χ3v) is 0.243. The number of nitriles is 1. The standard InChI is InChI=1S/C2HF3O2.C2H3N.C2H6O.CH4O/c3-2(4,5)1(6)7;2*1-2-3;1-2/h(H,6,7);1H3;3H,2H2,1H3;2H,1H3. The summed E-state index contributed by atoms with van der Waals surface area (Å²) in [5, 5.41) is 29.0. The smallest absolute Gasteiger partial charge is 0.475 e. The van der Waals surface area contributed by atoms with Crippen molar-refractivity contribution in [2.75, 3.05) is 13.7 Å². The Balaban J connectivity index is -0.0000000638. The number of aliphatic hydroxyl groups is 2. The summed E-state index contributed by atoms with van der Waals surface area (Å²) in [6.45, 7) is 3.36. The zero-order valence-electron chi connectivity index (χ0n) is 8.54. The first-order chi connectivity index (χ1) is 6.77. The largest absolute Gasteiger partial charge is 0.490 e. The molecule has 92 valence electrons. The Hall–Kier alpha value is -1.33. The zero-order valence-corrected chi connectivity index (χ0v) is 8.54. The zero-order chi connectivity index (χ0) is 13.5. The summed E-state index contributed by atoms with van der Waals surface area (Å²) in [5.74, 6) is -2.76. The van der Waals surface area contributed by atoms with Gasteiger partial charge in [-0.3, -0.25) is 0 Å². The highest BCUT2D eigenvalue weighted by atomic mass is 19.4. The summed E-state index contributed by atoms with van der Waals surface area (Å²) in [6, 6.07) is 1.75. The lowest BCUT2D eigenvalue weighted by Gasteiger charge is -1.93. The maximum Gasteiger partial charge on any atom is 0.490 e. The molecule has 0 saturated heterocycles. The van der Waals surface area contributed by atoms with Gasteiger partial charge in [-0.25, -0.2) is 4.79 Å². The average molecular weight is 233 g/mol. The molecule has 0 unspecified atom stereocenters. The van der Waals surface area contributed by atoms with Crippen molar-refractivity contribution >= 4 is 5.97 Å². The first kappa shape index (κ1) is 23.5. The van der Waals surface area contributed by atoms with E-state index in [9.17, 15) is 13.2 Å². The number of hydrogen-bond donors (Lipinski definition) is 3. The van der Waals surface area contributed by atoms with Gasteiger partial charge in [0.05, 0.1) is 6.07 Å². The van der Waals surface area contributed by atoms with Crippen LogP contribution in [0.4, 0.5) is 13.2 Å². The van der Waals surface area contributed by atoms with Gasteiger partial charge in [-0.15, -0.1) is 0 Å². The van der Waals surface area contributed by atoms with Crippen LogP contribution in [0.3, 0.4) is 0 Å². The van der Waals surface area contributed by atoms with Crippen molar-refractivity contribution in [3.05, 3.63) is 0 Å². The van der Waals surface area contributed by atoms with Crippen LogP contribution in [-0.4, -0.2) is 41.2 Å². The minimum Gasteiger partial charge on any atom is -0.475 e. The van der Waals surface area contributed by atoms with Gasteiger partial charge in [-0.05, 0) is 6.92 Å². The van der Waals surface area contributed by atoms with E-state index in [1.165, 1.54) is 6.92 Å². The highest BCUT2D eigenvalue weighted by molar-refractivity contribution is 5.73. The fourth-order valence-electron chi connectivity index (χ4n) is 0. The first-order valence-electron chi connectivity index (χ1n) is 3.44. The number of aliphatic hydroxyl groups excluding tert-OH is 2. The number of nitrogens with zero attached hydrogens (tertiary/aromatic N) is 1. The van der Waals surface area contributed by atoms with E-state index in [2.05, 4.69) is 0 Å². The number of alkyl halides is 3. The Labute approximate surface area is 85.4 Å². The molecule has 5 nitrogen and oxygen atoms in total. The normalized spacial score (nSPS) is 7.40. The van der Waals surface area contributed by atoms with Crippen molar-refractivity contribution in [2.24, 2.45) is 0 Å². The van der Waals surface area contributed by atoms with Crippen molar-refractivity contribution in [3.63, 3.8) is 0 Å². The van der Waals surface area contributed by atoms with Crippen LogP contribution in [0, 0.1) is 11.3 Å². The van der Waals surface area contributed by atoms with E-state index in [1.54, 1.807) is 13.0 Å². The number of carboxylic acid groups (broad SMARTS) is 1. The number of aliphatic carboxylic acids is 1. The third kappa shape index (κ3) is 66.1. The lowest BCUT2D eigenvalue weighted by molar-refractivity contribution is -0.192. The Kier molecular flexibility index (Phi) is 28.9. The van der Waals surface area contributed by atoms with Crippen LogP contribution >= 0.6 is 0 Å². The Bertz CT molecular complexity index is 165. The molecule has 0 heterocycles. The minimum atomic E-state index is -5.08. The van der Waals surface area contributed by atoms with Gasteiger partial charge < -0.3 is 15.3 Å². The fraction of sp³-hybridized carbons (Fsp3) is 0.714. The lowest BCUT2D eigenvalue weighted by Crippen LogP contribution is -2.21. The van der Waals surface area contributed by atoms with Crippen LogP contribution in [0.15, 0.2) is 0 Å². The van der Waals surface area contributed by atoms with E-state index in [-0.39, 0.29) is 6.61 Å². The molecule has 8 heteroatoms. The van der Waals surface area contributed by atoms with Gasteiger partial charge in [-0.2, -0.15) is 18.4 Å². The summed E-state index contributed by atoms with van der Waals surface area (Å²) in [6.07, 6.45) is -5.08. The molecule has 0 aliphatic rings. The van der Waals surface area contributed by atoms with Crippen LogP contribution in [0.25, 0.3) is 0 Å². The van der Waals surface area contributed by atoms with E-state index in [0.717, 1.165) is 7.11 Å². The van der Waals surface area contributed by atoms with Gasteiger partial charge in [0.1, 0.15) is 0 Å². The Morgan fingerprint density at radius 1 is 1.40 bits per heavy atom. The van der Waals surface area contributed by atoms with Crippen molar-refractivity contribution in [1.82, 2.24) is 0 Å². The highest BCUT2D eigenvalue weighted by Gasteiger charge is 2.38. The maximum absolute atomic E-state index is 10.6. The molecule has 0 amide bonds. The fourth-order valence-corrected chi connectivity index (χ4v) is 0. The van der Waals surface area contributed by atoms with Crippen molar-refractivity contribution in [1.29, 1.82) is 5.26 Å². The van der Waals surface area contributed by atoms with E-state index < -0.39 is 12.1 Å². The topological polar surface area (TPSA) is 102 Å². The minimum absolute atomic E-state index is 0.250. The molecule has 0 spiro atoms. The van der Waals surface area contributed by atoms with Gasteiger partial charge in [0, 0.05) is 20.6 Å². The molecule has 0 atom stereocenters.